The molecule has 0 amide bonds. The molecule has 0 saturated carbocycles. The normalized spacial score (nSPS) is 16.3. The summed E-state index contributed by atoms with van der Waals surface area (Å²) < 4.78 is 0. The molecule has 0 bridgehead atoms. The maximum absolute atomic E-state index is 9.92. The molecule has 0 aliphatic carbocycles. The van der Waals surface area contributed by atoms with Gasteiger partial charge in [-0.15, -0.1) is 11.3 Å². The largest absolute Gasteiger partial charge is 0.393 e. The lowest BCUT2D eigenvalue weighted by molar-refractivity contribution is 0.110. The summed E-state index contributed by atoms with van der Waals surface area (Å²) in [6.45, 7) is 8.85. The highest BCUT2D eigenvalue weighted by Gasteiger charge is 2.23. The summed E-state index contributed by atoms with van der Waals surface area (Å²) in [7, 11) is 0. The zero-order valence-corrected chi connectivity index (χ0v) is 10.8. The van der Waals surface area contributed by atoms with E-state index in [1.807, 2.05) is 5.38 Å². The van der Waals surface area contributed by atoms with E-state index in [2.05, 4.69) is 32.7 Å². The van der Waals surface area contributed by atoms with Crippen molar-refractivity contribution in [3.63, 3.8) is 0 Å². The van der Waals surface area contributed by atoms with Crippen LogP contribution in [0.2, 0.25) is 0 Å². The maximum atomic E-state index is 9.92. The van der Waals surface area contributed by atoms with Gasteiger partial charge in [0.25, 0.3) is 0 Å². The first-order valence-electron chi connectivity index (χ1n) is 5.46. The van der Waals surface area contributed by atoms with Crippen LogP contribution in [-0.4, -0.2) is 16.2 Å². The molecule has 2 nitrogen and oxygen atoms in total. The van der Waals surface area contributed by atoms with E-state index < -0.39 is 0 Å². The molecule has 1 aromatic heterocycles. The summed E-state index contributed by atoms with van der Waals surface area (Å²) in [6, 6.07) is 0. The molecule has 0 fully saturated rings. The van der Waals surface area contributed by atoms with Gasteiger partial charge in [0, 0.05) is 18.0 Å². The van der Waals surface area contributed by atoms with E-state index in [0.29, 0.717) is 12.3 Å². The Labute approximate surface area is 96.4 Å². The number of rotatable bonds is 4. The highest BCUT2D eigenvalue weighted by molar-refractivity contribution is 7.09. The fourth-order valence-electron chi connectivity index (χ4n) is 1.40. The van der Waals surface area contributed by atoms with Crippen LogP contribution in [-0.2, 0) is 6.42 Å². The Balaban J connectivity index is 2.39. The topological polar surface area (TPSA) is 33.1 Å². The van der Waals surface area contributed by atoms with Crippen LogP contribution in [0.1, 0.15) is 39.1 Å². The molecule has 0 spiro atoms. The van der Waals surface area contributed by atoms with Crippen molar-refractivity contribution in [1.29, 1.82) is 0 Å². The van der Waals surface area contributed by atoms with Crippen molar-refractivity contribution in [1.82, 2.24) is 4.98 Å². The lowest BCUT2D eigenvalue weighted by Crippen LogP contribution is -2.24. The second-order valence-corrected chi connectivity index (χ2v) is 6.27. The van der Waals surface area contributed by atoms with E-state index >= 15 is 0 Å². The Hall–Kier alpha value is -0.410. The van der Waals surface area contributed by atoms with Crippen molar-refractivity contribution < 1.29 is 5.11 Å². The van der Waals surface area contributed by atoms with Crippen LogP contribution >= 0.6 is 11.3 Å². The van der Waals surface area contributed by atoms with E-state index in [4.69, 9.17) is 0 Å². The van der Waals surface area contributed by atoms with Crippen LogP contribution in [0.3, 0.4) is 0 Å². The number of hydrogen-bond donors (Lipinski definition) is 1. The van der Waals surface area contributed by atoms with Crippen molar-refractivity contribution in [2.24, 2.45) is 11.3 Å². The number of aliphatic hydroxyl groups excluding tert-OH is 1. The summed E-state index contributed by atoms with van der Waals surface area (Å²) in [4.78, 5) is 4.18. The molecule has 2 atom stereocenters. The van der Waals surface area contributed by atoms with Gasteiger partial charge in [-0.05, 0) is 17.8 Å². The molecule has 15 heavy (non-hydrogen) atoms. The Kier molecular flexibility index (Phi) is 4.29. The van der Waals surface area contributed by atoms with Crippen molar-refractivity contribution in [3.8, 4) is 0 Å². The minimum absolute atomic E-state index is 0.259. The molecule has 1 rings (SSSR count). The molecule has 0 radical (unpaired) electrons. The van der Waals surface area contributed by atoms with Crippen LogP contribution < -0.4 is 0 Å². The van der Waals surface area contributed by atoms with Gasteiger partial charge < -0.3 is 5.11 Å². The molecule has 0 aliphatic rings. The Morgan fingerprint density at radius 1 is 1.47 bits per heavy atom. The molecular weight excluding hydrogens is 206 g/mol. The summed E-state index contributed by atoms with van der Waals surface area (Å²) in [5.74, 6) is 0.521. The predicted molar refractivity (Wildman–Crippen MR) is 65.1 cm³/mol. The summed E-state index contributed by atoms with van der Waals surface area (Å²) in [5.41, 5.74) is 0.268. The number of aliphatic hydroxyl groups is 1. The van der Waals surface area contributed by atoms with Gasteiger partial charge in [0.1, 0.15) is 0 Å². The first-order chi connectivity index (χ1) is 6.89. The van der Waals surface area contributed by atoms with E-state index in [-0.39, 0.29) is 11.5 Å². The number of aromatic nitrogens is 1. The molecule has 0 aliphatic heterocycles. The van der Waals surface area contributed by atoms with Gasteiger partial charge in [0.05, 0.1) is 11.1 Å². The minimum Gasteiger partial charge on any atom is -0.393 e. The summed E-state index contributed by atoms with van der Waals surface area (Å²) in [6.07, 6.45) is 3.08. The van der Waals surface area contributed by atoms with E-state index in [0.717, 1.165) is 11.4 Å². The molecule has 3 heteroatoms. The van der Waals surface area contributed by atoms with Gasteiger partial charge in [-0.2, -0.15) is 0 Å². The number of thiazole rings is 1. The van der Waals surface area contributed by atoms with Crippen LogP contribution in [0.25, 0.3) is 0 Å². The lowest BCUT2D eigenvalue weighted by Gasteiger charge is -2.28. The minimum atomic E-state index is -0.259. The maximum Gasteiger partial charge on any atom is 0.0950 e. The molecule has 86 valence electrons. The fourth-order valence-corrected chi connectivity index (χ4v) is 2.09. The first-order valence-corrected chi connectivity index (χ1v) is 6.34. The average Bonchev–Trinajstić information content (AvgIpc) is 2.54. The molecule has 0 saturated heterocycles. The summed E-state index contributed by atoms with van der Waals surface area (Å²) >= 11 is 1.61. The first kappa shape index (κ1) is 12.7. The van der Waals surface area contributed by atoms with Gasteiger partial charge in [0.15, 0.2) is 0 Å². The van der Waals surface area contributed by atoms with Gasteiger partial charge >= 0.3 is 0 Å². The lowest BCUT2D eigenvalue weighted by atomic mass is 9.78. The standard InChI is InChI=1S/C12H21NOS/c1-9(12(2,3)4)7-10(14)8-11-13-5-6-15-11/h5-6,9-10,14H,7-8H2,1-4H3. The van der Waals surface area contributed by atoms with Gasteiger partial charge in [0.2, 0.25) is 0 Å². The average molecular weight is 227 g/mol. The zero-order valence-electron chi connectivity index (χ0n) is 10.0. The predicted octanol–water partition coefficient (Wildman–Crippen LogP) is 3.12. The van der Waals surface area contributed by atoms with Crippen LogP contribution in [0, 0.1) is 11.3 Å². The monoisotopic (exact) mass is 227 g/mol. The van der Waals surface area contributed by atoms with Crippen molar-refractivity contribution in [2.75, 3.05) is 0 Å². The van der Waals surface area contributed by atoms with Crippen molar-refractivity contribution in [3.05, 3.63) is 16.6 Å². The third-order valence-corrected chi connectivity index (χ3v) is 3.80. The van der Waals surface area contributed by atoms with Crippen molar-refractivity contribution >= 4 is 11.3 Å². The summed E-state index contributed by atoms with van der Waals surface area (Å²) in [5, 5.41) is 12.9. The molecule has 0 aromatic carbocycles. The van der Waals surface area contributed by atoms with Crippen LogP contribution in [0.15, 0.2) is 11.6 Å². The Bertz CT molecular complexity index is 276. The third kappa shape index (κ3) is 4.31. The third-order valence-electron chi connectivity index (χ3n) is 3.00. The Morgan fingerprint density at radius 2 is 2.13 bits per heavy atom. The number of nitrogens with zero attached hydrogens (tertiary/aromatic N) is 1. The second-order valence-electron chi connectivity index (χ2n) is 5.29. The Morgan fingerprint density at radius 3 is 2.60 bits per heavy atom. The smallest absolute Gasteiger partial charge is 0.0950 e. The van der Waals surface area contributed by atoms with Crippen LogP contribution in [0.5, 0.6) is 0 Å². The highest BCUT2D eigenvalue weighted by Crippen LogP contribution is 2.29. The quantitative estimate of drug-likeness (QED) is 0.857. The molecular formula is C12H21NOS. The van der Waals surface area contributed by atoms with E-state index in [9.17, 15) is 5.11 Å². The number of hydrogen-bond acceptors (Lipinski definition) is 3. The van der Waals surface area contributed by atoms with E-state index in [1.165, 1.54) is 0 Å². The second kappa shape index (κ2) is 5.08. The molecule has 1 aromatic rings. The fraction of sp³-hybridized carbons (Fsp3) is 0.750. The van der Waals surface area contributed by atoms with E-state index in [1.54, 1.807) is 17.5 Å². The molecule has 1 N–H and O–H groups in total. The highest BCUT2D eigenvalue weighted by atomic mass is 32.1. The molecule has 1 heterocycles. The van der Waals surface area contributed by atoms with Gasteiger partial charge in [-0.25, -0.2) is 4.98 Å². The van der Waals surface area contributed by atoms with Gasteiger partial charge in [-0.1, -0.05) is 27.7 Å². The zero-order chi connectivity index (χ0) is 11.5. The van der Waals surface area contributed by atoms with Crippen LogP contribution in [0.4, 0.5) is 0 Å². The van der Waals surface area contributed by atoms with Gasteiger partial charge in [-0.3, -0.25) is 0 Å². The SMILES string of the molecule is CC(CC(O)Cc1nccs1)C(C)(C)C. The van der Waals surface area contributed by atoms with Crippen molar-refractivity contribution in [2.45, 2.75) is 46.6 Å². The molecule has 2 unspecified atom stereocenters.